The molecule has 8 nitrogen and oxygen atoms in total. The van der Waals surface area contributed by atoms with Crippen molar-refractivity contribution in [3.8, 4) is 0 Å². The Bertz CT molecular complexity index is 1590. The quantitative estimate of drug-likeness (QED) is 0.261. The van der Waals surface area contributed by atoms with Gasteiger partial charge in [-0.1, -0.05) is 6.07 Å². The fourth-order valence-corrected chi connectivity index (χ4v) is 7.58. The van der Waals surface area contributed by atoms with Crippen molar-refractivity contribution < 1.29 is 17.9 Å². The molecule has 0 unspecified atom stereocenters. The number of morpholine rings is 1. The molecular formula is C31H40F3N7OS. The number of piperidine rings is 1. The molecule has 12 heteroatoms. The molecule has 43 heavy (non-hydrogen) atoms. The zero-order valence-corrected chi connectivity index (χ0v) is 25.8. The molecule has 2 saturated heterocycles. The lowest BCUT2D eigenvalue weighted by Crippen LogP contribution is -2.44. The fourth-order valence-electron chi connectivity index (χ4n) is 6.52. The van der Waals surface area contributed by atoms with Crippen LogP contribution < -0.4 is 11.1 Å². The number of nitrogens with one attached hydrogen (secondary N) is 1. The number of hydrogen-bond donors (Lipinski definition) is 2. The molecule has 0 saturated carbocycles. The van der Waals surface area contributed by atoms with Gasteiger partial charge in [0.1, 0.15) is 10.6 Å². The maximum Gasteiger partial charge on any atom is 0.393 e. The Morgan fingerprint density at radius 1 is 1.07 bits per heavy atom. The van der Waals surface area contributed by atoms with Crippen LogP contribution in [0.2, 0.25) is 0 Å². The molecule has 0 spiro atoms. The van der Waals surface area contributed by atoms with Gasteiger partial charge in [0.05, 0.1) is 25.0 Å². The van der Waals surface area contributed by atoms with E-state index in [1.165, 1.54) is 27.7 Å². The number of ether oxygens (including phenoxy) is 1. The van der Waals surface area contributed by atoms with Gasteiger partial charge in [-0.15, -0.1) is 11.3 Å². The van der Waals surface area contributed by atoms with Crippen molar-refractivity contribution in [2.24, 2.45) is 0 Å². The molecule has 1 atom stereocenters. The Kier molecular flexibility index (Phi) is 8.56. The Labute approximate surface area is 254 Å². The number of alkyl halides is 3. The number of thiophene rings is 1. The van der Waals surface area contributed by atoms with Crippen LogP contribution in [-0.2, 0) is 24.2 Å². The van der Waals surface area contributed by atoms with Crippen molar-refractivity contribution in [3.63, 3.8) is 0 Å². The number of anilines is 2. The molecular weight excluding hydrogens is 575 g/mol. The monoisotopic (exact) mass is 615 g/mol. The average molecular weight is 616 g/mol. The minimum Gasteiger partial charge on any atom is -0.379 e. The average Bonchev–Trinajstić information content (AvgIpc) is 3.50. The third-order valence-corrected chi connectivity index (χ3v) is 9.98. The topological polar surface area (TPSA) is 84.5 Å². The molecule has 0 radical (unpaired) electrons. The van der Waals surface area contributed by atoms with Gasteiger partial charge < -0.3 is 20.4 Å². The molecule has 3 N–H and O–H groups in total. The summed E-state index contributed by atoms with van der Waals surface area (Å²) in [6.45, 7) is 14.0. The summed E-state index contributed by atoms with van der Waals surface area (Å²) < 4.78 is 46.9. The van der Waals surface area contributed by atoms with Crippen LogP contribution in [0.5, 0.6) is 0 Å². The first kappa shape index (κ1) is 30.1. The largest absolute Gasteiger partial charge is 0.393 e. The number of fused-ring (bicyclic) bond motifs is 2. The number of nitrogen functional groups attached to an aromatic ring is 1. The summed E-state index contributed by atoms with van der Waals surface area (Å²) in [6.07, 6.45) is -3.44. The van der Waals surface area contributed by atoms with Crippen LogP contribution in [0.15, 0.2) is 24.3 Å². The number of rotatable bonds is 8. The number of nitrogens with two attached hydrogens (primary N) is 1. The van der Waals surface area contributed by atoms with Gasteiger partial charge in [-0.05, 0) is 62.9 Å². The minimum atomic E-state index is -4.27. The van der Waals surface area contributed by atoms with Crippen molar-refractivity contribution in [1.29, 1.82) is 0 Å². The maximum atomic E-state index is 13.0. The lowest BCUT2D eigenvalue weighted by atomic mass is 10.0. The first-order valence-electron chi connectivity index (χ1n) is 15.1. The lowest BCUT2D eigenvalue weighted by molar-refractivity contribution is -0.126. The highest BCUT2D eigenvalue weighted by Crippen LogP contribution is 2.34. The van der Waals surface area contributed by atoms with Crippen molar-refractivity contribution >= 4 is 44.2 Å². The molecule has 2 aliphatic heterocycles. The van der Waals surface area contributed by atoms with Gasteiger partial charge in [-0.2, -0.15) is 18.2 Å². The van der Waals surface area contributed by atoms with Crippen LogP contribution in [0.25, 0.3) is 21.1 Å². The summed E-state index contributed by atoms with van der Waals surface area (Å²) in [7, 11) is 0. The van der Waals surface area contributed by atoms with Crippen LogP contribution >= 0.6 is 11.3 Å². The fraction of sp³-hybridized carbons (Fsp3) is 0.548. The second kappa shape index (κ2) is 12.2. The van der Waals surface area contributed by atoms with Crippen LogP contribution in [0, 0.1) is 13.8 Å². The van der Waals surface area contributed by atoms with Gasteiger partial charge in [0, 0.05) is 72.8 Å². The highest BCUT2D eigenvalue weighted by molar-refractivity contribution is 7.18. The van der Waals surface area contributed by atoms with E-state index in [0.29, 0.717) is 22.1 Å². The molecule has 2 fully saturated rings. The molecule has 6 rings (SSSR count). The third kappa shape index (κ3) is 6.77. The molecule has 1 aromatic carbocycles. The van der Waals surface area contributed by atoms with E-state index in [1.54, 1.807) is 6.07 Å². The van der Waals surface area contributed by atoms with E-state index in [1.807, 2.05) is 0 Å². The first-order chi connectivity index (χ1) is 20.5. The number of benzene rings is 1. The zero-order valence-electron chi connectivity index (χ0n) is 25.0. The molecule has 0 bridgehead atoms. The highest BCUT2D eigenvalue weighted by Gasteiger charge is 2.29. The van der Waals surface area contributed by atoms with E-state index in [-0.39, 0.29) is 16.9 Å². The minimum absolute atomic E-state index is 0.0679. The van der Waals surface area contributed by atoms with Gasteiger partial charge >= 0.3 is 6.18 Å². The second-order valence-electron chi connectivity index (χ2n) is 12.0. The van der Waals surface area contributed by atoms with E-state index in [0.717, 1.165) is 76.7 Å². The van der Waals surface area contributed by atoms with E-state index < -0.39 is 12.6 Å². The number of nitrogens with zero attached hydrogens (tertiary/aromatic N) is 5. The van der Waals surface area contributed by atoms with Gasteiger partial charge in [0.25, 0.3) is 0 Å². The number of aromatic nitrogens is 3. The smallest absolute Gasteiger partial charge is 0.379 e. The van der Waals surface area contributed by atoms with Crippen LogP contribution in [0.1, 0.15) is 41.5 Å². The second-order valence-corrected chi connectivity index (χ2v) is 13.1. The SMILES string of the molecule is Cc1c(CN2CCC(Nc3nc(N)nc4sc(CC(F)(F)F)cc34)CC2)ccc2c1cc(C)n2C[C@H](C)N1CCOCC1. The molecule has 4 aromatic rings. The summed E-state index contributed by atoms with van der Waals surface area (Å²) >= 11 is 1.02. The zero-order chi connectivity index (χ0) is 30.3. The first-order valence-corrected chi connectivity index (χ1v) is 15.9. The molecule has 0 amide bonds. The number of aryl methyl sites for hydroxylation is 2. The standard InChI is InChI=1S/C31H40F3N7OS/c1-19-14-25-21(3)22(4-5-27(25)41(19)17-20(2)40-10-12-42-13-11-40)18-39-8-6-23(7-9-39)36-28-26-15-24(16-31(32,33)34)43-29(26)38-30(35)37-28/h4-5,14-15,20,23H,6-13,16-18H2,1-3H3,(H3,35,36,37,38)/t20-/m0/s1. The molecule has 0 aliphatic carbocycles. The molecule has 3 aromatic heterocycles. The summed E-state index contributed by atoms with van der Waals surface area (Å²) in [5, 5.41) is 5.39. The molecule has 232 valence electrons. The van der Waals surface area contributed by atoms with Gasteiger partial charge in [0.2, 0.25) is 5.95 Å². The normalized spacial score (nSPS) is 18.6. The van der Waals surface area contributed by atoms with Gasteiger partial charge in [0.15, 0.2) is 0 Å². The Morgan fingerprint density at radius 3 is 2.53 bits per heavy atom. The Balaban J connectivity index is 1.09. The predicted molar refractivity (Wildman–Crippen MR) is 167 cm³/mol. The van der Waals surface area contributed by atoms with E-state index >= 15 is 0 Å². The van der Waals surface area contributed by atoms with Crippen LogP contribution in [-0.4, -0.2) is 82.0 Å². The van der Waals surface area contributed by atoms with Gasteiger partial charge in [-0.3, -0.25) is 9.80 Å². The van der Waals surface area contributed by atoms with Crippen LogP contribution in [0.3, 0.4) is 0 Å². The van der Waals surface area contributed by atoms with Gasteiger partial charge in [-0.25, -0.2) is 4.98 Å². The third-order valence-electron chi connectivity index (χ3n) is 8.95. The summed E-state index contributed by atoms with van der Waals surface area (Å²) in [6, 6.07) is 9.05. The van der Waals surface area contributed by atoms with Crippen LogP contribution in [0.4, 0.5) is 24.9 Å². The van der Waals surface area contributed by atoms with Crippen molar-refractivity contribution in [2.75, 3.05) is 50.4 Å². The van der Waals surface area contributed by atoms with E-state index in [2.05, 4.69) is 68.6 Å². The molecule has 5 heterocycles. The van der Waals surface area contributed by atoms with Crippen molar-refractivity contribution in [1.82, 2.24) is 24.3 Å². The maximum absolute atomic E-state index is 13.0. The van der Waals surface area contributed by atoms with Crippen molar-refractivity contribution in [3.05, 3.63) is 46.0 Å². The lowest BCUT2D eigenvalue weighted by Gasteiger charge is -2.33. The van der Waals surface area contributed by atoms with Crippen molar-refractivity contribution in [2.45, 2.75) is 71.4 Å². The Hall–Kier alpha value is -2.93. The summed E-state index contributed by atoms with van der Waals surface area (Å²) in [5.74, 6) is 0.591. The van der Waals surface area contributed by atoms with E-state index in [9.17, 15) is 13.2 Å². The highest BCUT2D eigenvalue weighted by atomic mass is 32.1. The predicted octanol–water partition coefficient (Wildman–Crippen LogP) is 5.75. The van der Waals surface area contributed by atoms with E-state index in [4.69, 9.17) is 10.5 Å². The summed E-state index contributed by atoms with van der Waals surface area (Å²) in [5.41, 5.74) is 11.2. The number of hydrogen-bond acceptors (Lipinski definition) is 8. The number of likely N-dealkylation sites (tertiary alicyclic amines) is 1. The molecule has 2 aliphatic rings. The Morgan fingerprint density at radius 2 is 1.81 bits per heavy atom. The summed E-state index contributed by atoms with van der Waals surface area (Å²) in [4.78, 5) is 14.2. The number of halogens is 3.